The molecule has 64 valence electrons. The van der Waals surface area contributed by atoms with E-state index in [0.717, 1.165) is 0 Å². The van der Waals surface area contributed by atoms with Gasteiger partial charge in [0.25, 0.3) is 0 Å². The maximum absolute atomic E-state index is 8.60. The van der Waals surface area contributed by atoms with Gasteiger partial charge in [0.05, 0.1) is 14.9 Å². The van der Waals surface area contributed by atoms with Crippen LogP contribution in [0.5, 0.6) is 0 Å². The van der Waals surface area contributed by atoms with E-state index in [2.05, 4.69) is 0 Å². The first-order valence-electron chi connectivity index (χ1n) is 1.25. The molecule has 0 bridgehead atoms. The third kappa shape index (κ3) is 400. The Bertz CT molecular complexity index is 192. The molecule has 0 aromatic heterocycles. The average molecular weight is 258 g/mol. The summed E-state index contributed by atoms with van der Waals surface area (Å²) in [6, 6.07) is 0. The van der Waals surface area contributed by atoms with Crippen molar-refractivity contribution in [2.75, 3.05) is 0 Å². The van der Waals surface area contributed by atoms with Crippen molar-refractivity contribution in [2.45, 2.75) is 0 Å². The molecule has 11 heteroatoms. The van der Waals surface area contributed by atoms with Crippen molar-refractivity contribution in [3.8, 4) is 0 Å². The molecule has 0 heterocycles. The van der Waals surface area contributed by atoms with Crippen molar-refractivity contribution in [2.24, 2.45) is 0 Å². The zero-order chi connectivity index (χ0) is 9.00. The topological polar surface area (TPSA) is 164 Å². The molecule has 0 aliphatic heterocycles. The van der Waals surface area contributed by atoms with Crippen LogP contribution in [0, 0.1) is 10.2 Å². The standard InChI is InChI=1S/ClHO4.K.Mn.4O/c2-1(3,4)5;;;;;;/h(H,2,3,4,5);;;;;;/q;+1;;;;;-1. The predicted octanol–water partition coefficient (Wildman–Crippen LogP) is -8.67. The molecule has 0 aliphatic rings. The Kier molecular flexibility index (Phi) is 11.9. The van der Waals surface area contributed by atoms with Crippen LogP contribution in [0.25, 0.3) is 0 Å². The summed E-state index contributed by atoms with van der Waals surface area (Å²) in [6.45, 7) is 0. The van der Waals surface area contributed by atoms with E-state index in [1.165, 1.54) is 0 Å². The summed E-state index contributed by atoms with van der Waals surface area (Å²) >= 11 is -5.62. The molecule has 0 saturated heterocycles. The van der Waals surface area contributed by atoms with Crippen molar-refractivity contribution in [1.82, 2.24) is 0 Å². The monoisotopic (exact) mass is 258 g/mol. The van der Waals surface area contributed by atoms with Crippen molar-refractivity contribution in [1.29, 1.82) is 0 Å². The Balaban J connectivity index is -0.000000107. The number of hydrogen-bond donors (Lipinski definition) is 1. The van der Waals surface area contributed by atoms with E-state index < -0.39 is 23.2 Å². The van der Waals surface area contributed by atoms with Crippen molar-refractivity contribution in [3.05, 3.63) is 0 Å². The third-order valence-corrected chi connectivity index (χ3v) is 0. The first kappa shape index (κ1) is 18.4. The van der Waals surface area contributed by atoms with E-state index in [-0.39, 0.29) is 51.4 Å². The summed E-state index contributed by atoms with van der Waals surface area (Å²) in [5.41, 5.74) is 0. The Morgan fingerprint density at radius 2 is 1.09 bits per heavy atom. The van der Waals surface area contributed by atoms with Gasteiger partial charge in [-0.3, -0.25) is 0 Å². The van der Waals surface area contributed by atoms with Gasteiger partial charge < -0.3 is 0 Å². The van der Waals surface area contributed by atoms with E-state index in [0.29, 0.717) is 0 Å². The minimum absolute atomic E-state index is 0. The molecule has 0 rings (SSSR count). The Labute approximate surface area is 107 Å². The van der Waals surface area contributed by atoms with Gasteiger partial charge in [-0.25, -0.2) is 0 Å². The second-order valence-electron chi connectivity index (χ2n) is 0.774. The van der Waals surface area contributed by atoms with Crippen LogP contribution in [0.15, 0.2) is 0 Å². The molecule has 1 N–H and O–H groups in total. The summed E-state index contributed by atoms with van der Waals surface area (Å²) in [7, 11) is -4.69. The van der Waals surface area contributed by atoms with Gasteiger partial charge in [0.1, 0.15) is 0 Å². The van der Waals surface area contributed by atoms with Crippen LogP contribution < -0.4 is 69.6 Å². The van der Waals surface area contributed by atoms with Crippen LogP contribution in [-0.4, -0.2) is 4.66 Å². The van der Waals surface area contributed by atoms with Gasteiger partial charge in [-0.2, -0.15) is 14.0 Å². The first-order chi connectivity index (χ1) is 4.00. The second-order valence-corrected chi connectivity index (χ2v) is 2.75. The van der Waals surface area contributed by atoms with Crippen LogP contribution in [0.4, 0.5) is 0 Å². The molecule has 11 heavy (non-hydrogen) atoms. The van der Waals surface area contributed by atoms with Crippen LogP contribution >= 0.6 is 0 Å². The zero-order valence-electron chi connectivity index (χ0n) is 5.06. The van der Waals surface area contributed by atoms with E-state index in [4.69, 9.17) is 34.3 Å². The molecule has 0 spiro atoms. The van der Waals surface area contributed by atoms with Gasteiger partial charge in [0.2, 0.25) is 0 Å². The predicted molar refractivity (Wildman–Crippen MR) is 4.28 cm³/mol. The summed E-state index contributed by atoms with van der Waals surface area (Å²) in [4.78, 5) is 0. The Morgan fingerprint density at radius 1 is 1.09 bits per heavy atom. The van der Waals surface area contributed by atoms with E-state index in [9.17, 15) is 0 Å². The zero-order valence-corrected chi connectivity index (χ0v) is 10.1. The molecule has 0 fully saturated rings. The summed E-state index contributed by atoms with van der Waals surface area (Å²) in [5.74, 6) is 0. The summed E-state index contributed by atoms with van der Waals surface area (Å²) < 4.78 is 67.0. The number of halogens is 1. The van der Waals surface area contributed by atoms with Crippen LogP contribution in [0.1, 0.15) is 0 Å². The molecule has 0 saturated carbocycles. The molecule has 0 aromatic carbocycles. The molecule has 0 atom stereocenters. The molecular formula is HClKMnO8. The van der Waals surface area contributed by atoms with Gasteiger partial charge in [0.15, 0.2) is 0 Å². The Hall–Kier alpha value is 1.65. The van der Waals surface area contributed by atoms with Gasteiger partial charge in [0, 0.05) is 0 Å². The first-order valence-corrected chi connectivity index (χ1v) is 4.44. The summed E-state index contributed by atoms with van der Waals surface area (Å²) in [5, 5.41) is 0. The molecule has 0 radical (unpaired) electrons. The fourth-order valence-electron chi connectivity index (χ4n) is 0. The van der Waals surface area contributed by atoms with Crippen LogP contribution in [-0.2, 0) is 24.5 Å². The normalized spacial score (nSPS) is 10.6. The van der Waals surface area contributed by atoms with Crippen LogP contribution in [0.2, 0.25) is 0 Å². The van der Waals surface area contributed by atoms with E-state index in [1.54, 1.807) is 0 Å². The SMILES string of the molecule is [K+].[O-][Cl+3]([O-])([O-])O.[O]=[Mn](=[O])(=[O])[O-]. The van der Waals surface area contributed by atoms with E-state index in [1.807, 2.05) is 0 Å². The fourth-order valence-corrected chi connectivity index (χ4v) is 0. The van der Waals surface area contributed by atoms with Crippen LogP contribution in [0.3, 0.4) is 0 Å². The molecule has 0 amide bonds. The quantitative estimate of drug-likeness (QED) is 0.418. The minimum atomic E-state index is -5.62. The molecule has 0 aromatic rings. The van der Waals surface area contributed by atoms with Gasteiger partial charge in [-0.15, -0.1) is 0 Å². The molecule has 0 aliphatic carbocycles. The van der Waals surface area contributed by atoms with Crippen molar-refractivity contribution < 1.29 is 109 Å². The maximum atomic E-state index is 8.60. The van der Waals surface area contributed by atoms with Gasteiger partial charge >= 0.3 is 80.0 Å². The Morgan fingerprint density at radius 3 is 1.09 bits per heavy atom. The molecule has 8 nitrogen and oxygen atoms in total. The third-order valence-electron chi connectivity index (χ3n) is 0. The van der Waals surface area contributed by atoms with Crippen molar-refractivity contribution >= 4 is 0 Å². The number of hydrogen-bond acceptors (Lipinski definition) is 8. The summed E-state index contributed by atoms with van der Waals surface area (Å²) in [6.07, 6.45) is 0. The number of rotatable bonds is 0. The second kappa shape index (κ2) is 7.09. The average Bonchev–Trinajstić information content (AvgIpc) is 1.12. The van der Waals surface area contributed by atoms with Crippen molar-refractivity contribution in [3.63, 3.8) is 0 Å². The molecule has 0 unspecified atom stereocenters. The fraction of sp³-hybridized carbons (Fsp3) is 0. The molecular weight excluding hydrogens is 257 g/mol. The van der Waals surface area contributed by atoms with Gasteiger partial charge in [-0.05, 0) is 0 Å². The van der Waals surface area contributed by atoms with Gasteiger partial charge in [-0.1, -0.05) is 0 Å². The van der Waals surface area contributed by atoms with E-state index >= 15 is 0 Å².